The second-order valence-corrected chi connectivity index (χ2v) is 10.7. The molecule has 0 unspecified atom stereocenters. The summed E-state index contributed by atoms with van der Waals surface area (Å²) in [5.41, 5.74) is -0.183. The summed E-state index contributed by atoms with van der Waals surface area (Å²) >= 11 is 0. The van der Waals surface area contributed by atoms with E-state index in [9.17, 15) is 18.0 Å². The number of H-pyrrole nitrogens is 1. The molecule has 0 radical (unpaired) electrons. The highest BCUT2D eigenvalue weighted by molar-refractivity contribution is 5.87. The lowest BCUT2D eigenvalue weighted by atomic mass is 9.38. The molecule has 0 spiro atoms. The number of aromatic nitrogens is 1. The number of rotatable bonds is 4. The summed E-state index contributed by atoms with van der Waals surface area (Å²) in [5, 5.41) is 0.941. The zero-order chi connectivity index (χ0) is 26.3. The first-order chi connectivity index (χ1) is 17.5. The molecule has 2 aromatic carbocycles. The van der Waals surface area contributed by atoms with Crippen LogP contribution in [0.2, 0.25) is 0 Å². The Kier molecular flexibility index (Phi) is 5.16. The van der Waals surface area contributed by atoms with Crippen LogP contribution >= 0.6 is 0 Å². The SMILES string of the molecule is COC(=O)/C=C/c1cc(F)c([C@H]2c3[nH]c4ccccc4c3C[C@H](C)N2C23CC(C(F)(F)F)(C2)C3)c(F)c1. The second-order valence-electron chi connectivity index (χ2n) is 10.7. The van der Waals surface area contributed by atoms with E-state index in [4.69, 9.17) is 0 Å². The zero-order valence-electron chi connectivity index (χ0n) is 20.3. The van der Waals surface area contributed by atoms with Gasteiger partial charge in [-0.15, -0.1) is 0 Å². The van der Waals surface area contributed by atoms with Crippen LogP contribution in [0, 0.1) is 17.0 Å². The molecule has 3 aliphatic carbocycles. The van der Waals surface area contributed by atoms with Gasteiger partial charge in [-0.05, 0) is 68.0 Å². The molecule has 2 heterocycles. The maximum Gasteiger partial charge on any atom is 0.394 e. The molecule has 3 fully saturated rings. The van der Waals surface area contributed by atoms with E-state index in [0.29, 0.717) is 12.1 Å². The van der Waals surface area contributed by atoms with Gasteiger partial charge in [-0.1, -0.05) is 18.2 Å². The van der Waals surface area contributed by atoms with Crippen molar-refractivity contribution in [2.24, 2.45) is 5.41 Å². The normalized spacial score (nSPS) is 29.2. The maximum absolute atomic E-state index is 15.7. The number of alkyl halides is 3. The van der Waals surface area contributed by atoms with Crippen LogP contribution in [0.25, 0.3) is 17.0 Å². The number of carbonyl (C=O) groups excluding carboxylic acids is 1. The lowest BCUT2D eigenvalue weighted by molar-refractivity contribution is -0.369. The molecule has 4 aliphatic rings. The van der Waals surface area contributed by atoms with Gasteiger partial charge < -0.3 is 9.72 Å². The highest BCUT2D eigenvalue weighted by Gasteiger charge is 2.81. The fraction of sp³-hybridized carbons (Fsp3) is 0.393. The van der Waals surface area contributed by atoms with Crippen LogP contribution < -0.4 is 0 Å². The number of methoxy groups -OCH3 is 1. The molecule has 2 atom stereocenters. The Morgan fingerprint density at radius 2 is 1.78 bits per heavy atom. The van der Waals surface area contributed by atoms with Crippen molar-refractivity contribution >= 4 is 22.9 Å². The lowest BCUT2D eigenvalue weighted by Gasteiger charge is -2.75. The van der Waals surface area contributed by atoms with Gasteiger partial charge in [-0.25, -0.2) is 13.6 Å². The van der Waals surface area contributed by atoms with Gasteiger partial charge >= 0.3 is 12.1 Å². The summed E-state index contributed by atoms with van der Waals surface area (Å²) in [6.07, 6.45) is -1.61. The number of hydrogen-bond acceptors (Lipinski definition) is 3. The first-order valence-corrected chi connectivity index (χ1v) is 12.2. The van der Waals surface area contributed by atoms with Crippen LogP contribution in [0.5, 0.6) is 0 Å². The van der Waals surface area contributed by atoms with E-state index in [2.05, 4.69) is 9.72 Å². The molecule has 3 saturated carbocycles. The van der Waals surface area contributed by atoms with Crippen molar-refractivity contribution in [2.75, 3.05) is 7.11 Å². The molecule has 194 valence electrons. The van der Waals surface area contributed by atoms with Gasteiger partial charge in [0.25, 0.3) is 0 Å². The molecule has 1 aliphatic heterocycles. The van der Waals surface area contributed by atoms with Gasteiger partial charge in [-0.2, -0.15) is 13.2 Å². The fourth-order valence-corrected chi connectivity index (χ4v) is 6.99. The Hall–Kier alpha value is -3.20. The van der Waals surface area contributed by atoms with E-state index < -0.39 is 40.8 Å². The molecule has 0 saturated heterocycles. The molecule has 3 aromatic rings. The van der Waals surface area contributed by atoms with Gasteiger partial charge in [0.2, 0.25) is 0 Å². The molecule has 9 heteroatoms. The summed E-state index contributed by atoms with van der Waals surface area (Å²) < 4.78 is 77.1. The molecule has 37 heavy (non-hydrogen) atoms. The predicted octanol–water partition coefficient (Wildman–Crippen LogP) is 6.45. The van der Waals surface area contributed by atoms with Crippen molar-refractivity contribution in [3.05, 3.63) is 76.5 Å². The monoisotopic (exact) mass is 516 g/mol. The summed E-state index contributed by atoms with van der Waals surface area (Å²) in [5.74, 6) is -2.31. The molecule has 4 nitrogen and oxygen atoms in total. The third kappa shape index (κ3) is 3.39. The van der Waals surface area contributed by atoms with Crippen molar-refractivity contribution in [1.29, 1.82) is 0 Å². The highest BCUT2D eigenvalue weighted by atomic mass is 19.4. The number of aromatic amines is 1. The summed E-state index contributed by atoms with van der Waals surface area (Å²) in [6, 6.07) is 8.69. The quantitative estimate of drug-likeness (QED) is 0.246. The molecule has 1 N–H and O–H groups in total. The molecular formula is C28H25F5N2O2. The van der Waals surface area contributed by atoms with E-state index in [1.165, 1.54) is 13.2 Å². The summed E-state index contributed by atoms with van der Waals surface area (Å²) in [6.45, 7) is 1.92. The lowest BCUT2D eigenvalue weighted by Crippen LogP contribution is -2.80. The Labute approximate surface area is 210 Å². The molecule has 7 rings (SSSR count). The van der Waals surface area contributed by atoms with E-state index in [1.807, 2.05) is 36.1 Å². The number of ether oxygens (including phenoxy) is 1. The largest absolute Gasteiger partial charge is 0.466 e. The minimum absolute atomic E-state index is 0.0664. The van der Waals surface area contributed by atoms with E-state index >= 15 is 8.78 Å². The highest BCUT2D eigenvalue weighted by Crippen LogP contribution is 2.77. The number of benzene rings is 2. The average Bonchev–Trinajstić information content (AvgIpc) is 3.14. The van der Waals surface area contributed by atoms with Crippen LogP contribution in [0.3, 0.4) is 0 Å². The van der Waals surface area contributed by atoms with Gasteiger partial charge in [-0.3, -0.25) is 4.90 Å². The van der Waals surface area contributed by atoms with Crippen molar-refractivity contribution in [2.45, 2.75) is 56.4 Å². The Morgan fingerprint density at radius 3 is 2.41 bits per heavy atom. The topological polar surface area (TPSA) is 45.3 Å². The molecule has 1 aromatic heterocycles. The number of nitrogens with one attached hydrogen (secondary N) is 1. The summed E-state index contributed by atoms with van der Waals surface area (Å²) in [7, 11) is 1.20. The van der Waals surface area contributed by atoms with Crippen LogP contribution in [-0.2, 0) is 16.0 Å². The third-order valence-electron chi connectivity index (χ3n) is 8.51. The third-order valence-corrected chi connectivity index (χ3v) is 8.51. The predicted molar refractivity (Wildman–Crippen MR) is 128 cm³/mol. The van der Waals surface area contributed by atoms with Crippen LogP contribution in [0.15, 0.2) is 42.5 Å². The Balaban J connectivity index is 1.48. The maximum atomic E-state index is 15.7. The number of esters is 1. The minimum atomic E-state index is -4.29. The van der Waals surface area contributed by atoms with Crippen LogP contribution in [0.4, 0.5) is 22.0 Å². The smallest absolute Gasteiger partial charge is 0.394 e. The van der Waals surface area contributed by atoms with E-state index in [1.54, 1.807) is 0 Å². The number of halogens is 5. The zero-order valence-corrected chi connectivity index (χ0v) is 20.3. The van der Waals surface area contributed by atoms with Crippen molar-refractivity contribution in [3.63, 3.8) is 0 Å². The van der Waals surface area contributed by atoms with E-state index in [0.717, 1.165) is 34.7 Å². The summed E-state index contributed by atoms with van der Waals surface area (Å²) in [4.78, 5) is 16.7. The molecular weight excluding hydrogens is 491 g/mol. The van der Waals surface area contributed by atoms with Gasteiger partial charge in [0.15, 0.2) is 0 Å². The molecule has 0 amide bonds. The van der Waals surface area contributed by atoms with Crippen molar-refractivity contribution < 1.29 is 31.5 Å². The van der Waals surface area contributed by atoms with Crippen LogP contribution in [0.1, 0.15) is 54.6 Å². The fourth-order valence-electron chi connectivity index (χ4n) is 6.99. The number of fused-ring (bicyclic) bond motifs is 3. The van der Waals surface area contributed by atoms with Crippen molar-refractivity contribution in [3.8, 4) is 0 Å². The van der Waals surface area contributed by atoms with Gasteiger partial charge in [0, 0.05) is 39.8 Å². The Bertz CT molecular complexity index is 1410. The number of nitrogens with zero attached hydrogens (tertiary/aromatic N) is 1. The van der Waals surface area contributed by atoms with Crippen molar-refractivity contribution in [1.82, 2.24) is 9.88 Å². The Morgan fingerprint density at radius 1 is 1.14 bits per heavy atom. The van der Waals surface area contributed by atoms with Crippen LogP contribution in [-0.4, -0.2) is 40.7 Å². The number of carbonyl (C=O) groups is 1. The second kappa shape index (κ2) is 7.90. The first kappa shape index (κ1) is 24.2. The minimum Gasteiger partial charge on any atom is -0.466 e. The van der Waals surface area contributed by atoms with E-state index in [-0.39, 0.29) is 36.4 Å². The number of para-hydroxylation sites is 1. The van der Waals surface area contributed by atoms with Gasteiger partial charge in [0.1, 0.15) is 11.6 Å². The molecule has 2 bridgehead atoms. The standard InChI is InChI=1S/C28H25F5N2O2/c1-15-9-18-17-5-3-4-6-21(17)34-24(18)25(35(15)27-12-26(13-27,14-27)28(31,32)33)23-19(29)10-16(11-20(23)30)7-8-22(36)37-2/h3-8,10-11,15,25,34H,9,12-14H2,1-2H3/b8-7+/t15-,25-,26?,27?/m0/s1. The average molecular weight is 517 g/mol. The number of hydrogen-bond donors (Lipinski definition) is 1. The van der Waals surface area contributed by atoms with Gasteiger partial charge in [0.05, 0.1) is 18.6 Å². The first-order valence-electron chi connectivity index (χ1n) is 12.2.